The molecule has 0 radical (unpaired) electrons. The third-order valence-corrected chi connectivity index (χ3v) is 6.07. The summed E-state index contributed by atoms with van der Waals surface area (Å²) in [6.45, 7) is 8.76. The standard InChI is InChI=1S/C20H31N7OS/c1-5-25(6-2)18(16-7-10-29-15-16)12-22-20(21-3)26-8-9-27(19(28)14-26)17-11-23-24(4)13-17/h7,10-11,13,15,18H,5-6,8-9,12,14H2,1-4H3,(H,21,22). The molecule has 2 aromatic heterocycles. The zero-order chi connectivity index (χ0) is 20.8. The van der Waals surface area contributed by atoms with E-state index >= 15 is 0 Å². The zero-order valence-corrected chi connectivity index (χ0v) is 18.5. The first-order valence-electron chi connectivity index (χ1n) is 10.1. The van der Waals surface area contributed by atoms with Crippen LogP contribution in [0.4, 0.5) is 5.69 Å². The molecule has 158 valence electrons. The number of nitrogens with one attached hydrogen (secondary N) is 1. The van der Waals surface area contributed by atoms with Gasteiger partial charge in [-0.15, -0.1) is 0 Å². The van der Waals surface area contributed by atoms with E-state index in [1.807, 2.05) is 18.1 Å². The van der Waals surface area contributed by atoms with Gasteiger partial charge in [0, 0.05) is 39.9 Å². The first-order valence-corrected chi connectivity index (χ1v) is 11.0. The van der Waals surface area contributed by atoms with Crippen LogP contribution in [0, 0.1) is 0 Å². The summed E-state index contributed by atoms with van der Waals surface area (Å²) in [5.74, 6) is 0.835. The van der Waals surface area contributed by atoms with Crippen molar-refractivity contribution in [2.24, 2.45) is 12.0 Å². The van der Waals surface area contributed by atoms with Crippen molar-refractivity contribution in [2.75, 3.05) is 51.2 Å². The summed E-state index contributed by atoms with van der Waals surface area (Å²) in [7, 11) is 3.63. The van der Waals surface area contributed by atoms with E-state index in [2.05, 4.69) is 51.0 Å². The van der Waals surface area contributed by atoms with Crippen LogP contribution in [0.25, 0.3) is 0 Å². The Hall–Kier alpha value is -2.39. The lowest BCUT2D eigenvalue weighted by Crippen LogP contribution is -2.56. The number of anilines is 1. The van der Waals surface area contributed by atoms with Gasteiger partial charge in [0.25, 0.3) is 0 Å². The number of aryl methyl sites for hydroxylation is 1. The summed E-state index contributed by atoms with van der Waals surface area (Å²) in [4.78, 5) is 23.4. The number of aromatic nitrogens is 2. The van der Waals surface area contributed by atoms with E-state index < -0.39 is 0 Å². The van der Waals surface area contributed by atoms with Crippen molar-refractivity contribution in [1.82, 2.24) is 24.9 Å². The van der Waals surface area contributed by atoms with Crippen LogP contribution in [-0.4, -0.2) is 77.8 Å². The highest BCUT2D eigenvalue weighted by atomic mass is 32.1. The maximum atomic E-state index is 12.7. The lowest BCUT2D eigenvalue weighted by molar-refractivity contribution is -0.120. The fourth-order valence-electron chi connectivity index (χ4n) is 3.78. The van der Waals surface area contributed by atoms with Gasteiger partial charge < -0.3 is 15.1 Å². The van der Waals surface area contributed by atoms with E-state index in [0.29, 0.717) is 13.1 Å². The number of thiophene rings is 1. The van der Waals surface area contributed by atoms with E-state index in [4.69, 9.17) is 0 Å². The molecule has 8 nitrogen and oxygen atoms in total. The molecular formula is C20H31N7OS. The molecule has 1 unspecified atom stereocenters. The van der Waals surface area contributed by atoms with Crippen molar-refractivity contribution >= 4 is 28.9 Å². The Balaban J connectivity index is 1.63. The summed E-state index contributed by atoms with van der Waals surface area (Å²) in [5, 5.41) is 12.0. The van der Waals surface area contributed by atoms with Crippen molar-refractivity contribution in [3.05, 3.63) is 34.8 Å². The topological polar surface area (TPSA) is 69.0 Å². The number of rotatable bonds is 7. The van der Waals surface area contributed by atoms with Crippen LogP contribution in [-0.2, 0) is 11.8 Å². The van der Waals surface area contributed by atoms with Gasteiger partial charge in [-0.2, -0.15) is 16.4 Å². The van der Waals surface area contributed by atoms with Gasteiger partial charge in [0.1, 0.15) is 6.54 Å². The minimum absolute atomic E-state index is 0.0605. The Labute approximate surface area is 176 Å². The summed E-state index contributed by atoms with van der Waals surface area (Å²) < 4.78 is 1.72. The zero-order valence-electron chi connectivity index (χ0n) is 17.7. The lowest BCUT2D eigenvalue weighted by Gasteiger charge is -2.36. The Morgan fingerprint density at radius 1 is 1.38 bits per heavy atom. The number of piperazine rings is 1. The van der Waals surface area contributed by atoms with E-state index in [0.717, 1.165) is 37.8 Å². The molecule has 29 heavy (non-hydrogen) atoms. The van der Waals surface area contributed by atoms with Crippen molar-refractivity contribution < 1.29 is 4.79 Å². The molecule has 9 heteroatoms. The first-order chi connectivity index (χ1) is 14.1. The van der Waals surface area contributed by atoms with Crippen LogP contribution in [0.2, 0.25) is 0 Å². The van der Waals surface area contributed by atoms with Crippen LogP contribution in [0.5, 0.6) is 0 Å². The van der Waals surface area contributed by atoms with Gasteiger partial charge in [0.05, 0.1) is 17.9 Å². The first kappa shape index (κ1) is 21.3. The third kappa shape index (κ3) is 4.97. The summed E-state index contributed by atoms with van der Waals surface area (Å²) in [6.07, 6.45) is 3.60. The van der Waals surface area contributed by atoms with E-state index in [1.54, 1.807) is 34.2 Å². The van der Waals surface area contributed by atoms with E-state index in [-0.39, 0.29) is 11.9 Å². The third-order valence-electron chi connectivity index (χ3n) is 5.37. The van der Waals surface area contributed by atoms with Crippen LogP contribution >= 0.6 is 11.3 Å². The smallest absolute Gasteiger partial charge is 0.246 e. The second kappa shape index (κ2) is 9.89. The van der Waals surface area contributed by atoms with Crippen molar-refractivity contribution in [1.29, 1.82) is 0 Å². The Morgan fingerprint density at radius 2 is 2.17 bits per heavy atom. The second-order valence-corrected chi connectivity index (χ2v) is 7.84. The fraction of sp³-hybridized carbons (Fsp3) is 0.550. The number of hydrogen-bond donors (Lipinski definition) is 1. The molecule has 1 aliphatic rings. The maximum Gasteiger partial charge on any atom is 0.246 e. The Morgan fingerprint density at radius 3 is 2.72 bits per heavy atom. The molecular weight excluding hydrogens is 386 g/mol. The average molecular weight is 418 g/mol. The molecule has 0 saturated carbocycles. The van der Waals surface area contributed by atoms with Crippen LogP contribution < -0.4 is 10.2 Å². The van der Waals surface area contributed by atoms with Gasteiger partial charge in [-0.05, 0) is 35.5 Å². The molecule has 0 spiro atoms. The largest absolute Gasteiger partial charge is 0.354 e. The normalized spacial score (nSPS) is 16.6. The van der Waals surface area contributed by atoms with Crippen molar-refractivity contribution in [3.8, 4) is 0 Å². The molecule has 2 aromatic rings. The molecule has 1 aliphatic heterocycles. The molecule has 0 bridgehead atoms. The minimum Gasteiger partial charge on any atom is -0.354 e. The van der Waals surface area contributed by atoms with E-state index in [1.165, 1.54) is 5.56 Å². The average Bonchev–Trinajstić information content (AvgIpc) is 3.40. The highest BCUT2D eigenvalue weighted by Crippen LogP contribution is 2.22. The Bertz CT molecular complexity index is 813. The quantitative estimate of drug-likeness (QED) is 0.549. The number of hydrogen-bond acceptors (Lipinski definition) is 5. The number of amides is 1. The molecule has 0 aliphatic carbocycles. The monoisotopic (exact) mass is 417 g/mol. The maximum absolute atomic E-state index is 12.7. The van der Waals surface area contributed by atoms with Gasteiger partial charge in [-0.25, -0.2) is 0 Å². The number of nitrogens with zero attached hydrogens (tertiary/aromatic N) is 6. The number of carbonyl (C=O) groups is 1. The lowest BCUT2D eigenvalue weighted by atomic mass is 10.1. The van der Waals surface area contributed by atoms with Gasteiger partial charge in [0.2, 0.25) is 5.91 Å². The van der Waals surface area contributed by atoms with E-state index in [9.17, 15) is 4.79 Å². The molecule has 1 N–H and O–H groups in total. The molecule has 3 heterocycles. The number of carbonyl (C=O) groups excluding carboxylic acids is 1. The summed E-state index contributed by atoms with van der Waals surface area (Å²) in [6, 6.07) is 2.47. The minimum atomic E-state index is 0.0605. The van der Waals surface area contributed by atoms with Crippen LogP contribution in [0.3, 0.4) is 0 Å². The van der Waals surface area contributed by atoms with Crippen molar-refractivity contribution in [2.45, 2.75) is 19.9 Å². The highest BCUT2D eigenvalue weighted by molar-refractivity contribution is 7.07. The van der Waals surface area contributed by atoms with Crippen LogP contribution in [0.15, 0.2) is 34.2 Å². The highest BCUT2D eigenvalue weighted by Gasteiger charge is 2.28. The van der Waals surface area contributed by atoms with Gasteiger partial charge in [-0.3, -0.25) is 19.4 Å². The molecule has 1 atom stereocenters. The molecule has 1 saturated heterocycles. The summed E-state index contributed by atoms with van der Waals surface area (Å²) >= 11 is 1.72. The molecule has 3 rings (SSSR count). The number of guanidine groups is 1. The molecule has 1 fully saturated rings. The van der Waals surface area contributed by atoms with Crippen molar-refractivity contribution in [3.63, 3.8) is 0 Å². The van der Waals surface area contributed by atoms with Gasteiger partial charge in [-0.1, -0.05) is 13.8 Å². The molecule has 0 aromatic carbocycles. The SMILES string of the molecule is CCN(CC)C(CNC(=NC)N1CCN(c2cnn(C)c2)C(=O)C1)c1ccsc1. The van der Waals surface area contributed by atoms with Gasteiger partial charge >= 0.3 is 0 Å². The predicted octanol–water partition coefficient (Wildman–Crippen LogP) is 1.79. The summed E-state index contributed by atoms with van der Waals surface area (Å²) in [5.41, 5.74) is 2.17. The predicted molar refractivity (Wildman–Crippen MR) is 118 cm³/mol. The Kier molecular flexibility index (Phi) is 7.27. The van der Waals surface area contributed by atoms with Gasteiger partial charge in [0.15, 0.2) is 5.96 Å². The number of likely N-dealkylation sites (N-methyl/N-ethyl adjacent to an activating group) is 1. The fourth-order valence-corrected chi connectivity index (χ4v) is 4.49. The number of aliphatic imine (C=N–C) groups is 1. The second-order valence-electron chi connectivity index (χ2n) is 7.06. The van der Waals surface area contributed by atoms with Crippen LogP contribution in [0.1, 0.15) is 25.5 Å². The molecule has 1 amide bonds.